The van der Waals surface area contributed by atoms with Crippen molar-refractivity contribution < 1.29 is 9.53 Å². The van der Waals surface area contributed by atoms with Crippen molar-refractivity contribution in [2.75, 3.05) is 11.8 Å². The molecule has 2 aromatic heterocycles. The Balaban J connectivity index is 1.72. The van der Waals surface area contributed by atoms with Crippen LogP contribution in [0.15, 0.2) is 65.8 Å². The number of ether oxygens (including phenoxy) is 1. The van der Waals surface area contributed by atoms with Crippen molar-refractivity contribution in [1.82, 2.24) is 25.1 Å². The van der Waals surface area contributed by atoms with Gasteiger partial charge in [0.25, 0.3) is 5.91 Å². The quantitative estimate of drug-likeness (QED) is 0.384. The van der Waals surface area contributed by atoms with Gasteiger partial charge in [-0.25, -0.2) is 4.98 Å². The average Bonchev–Trinajstić information content (AvgIpc) is 3.24. The van der Waals surface area contributed by atoms with Crippen LogP contribution in [0.25, 0.3) is 11.3 Å². The first kappa shape index (κ1) is 22.3. The molecule has 4 aromatic rings. The summed E-state index contributed by atoms with van der Waals surface area (Å²) in [5, 5.41) is 6.80. The summed E-state index contributed by atoms with van der Waals surface area (Å²) in [6, 6.07) is 15.0. The minimum atomic E-state index is -0.185. The van der Waals surface area contributed by atoms with Crippen LogP contribution in [0.5, 0.6) is 11.6 Å². The molecule has 0 radical (unpaired) electrons. The van der Waals surface area contributed by atoms with Crippen LogP contribution in [-0.4, -0.2) is 32.7 Å². The number of carbonyl (C=O) groups is 1. The summed E-state index contributed by atoms with van der Waals surface area (Å²) in [7, 11) is 3.46. The van der Waals surface area contributed by atoms with Gasteiger partial charge in [-0.05, 0) is 49.6 Å². The number of carbonyl (C=O) groups excluding carboxylic acids is 1. The van der Waals surface area contributed by atoms with Crippen molar-refractivity contribution in [2.24, 2.45) is 7.05 Å². The number of benzene rings is 2. The SMILES string of the molecule is CNC(=O)c1cccc(Oc2nc(NSc3cnn(C)c3)nc(-c3ccccc3C)c2C)c1. The van der Waals surface area contributed by atoms with Crippen molar-refractivity contribution in [2.45, 2.75) is 18.7 Å². The minimum absolute atomic E-state index is 0.185. The third-order valence-electron chi connectivity index (χ3n) is 4.98. The lowest BCUT2D eigenvalue weighted by atomic mass is 10.0. The molecule has 2 heterocycles. The van der Waals surface area contributed by atoms with Crippen LogP contribution in [0.3, 0.4) is 0 Å². The van der Waals surface area contributed by atoms with Gasteiger partial charge in [0, 0.05) is 37.0 Å². The van der Waals surface area contributed by atoms with Gasteiger partial charge in [0.2, 0.25) is 11.8 Å². The summed E-state index contributed by atoms with van der Waals surface area (Å²) in [6.07, 6.45) is 3.66. The fourth-order valence-electron chi connectivity index (χ4n) is 3.25. The van der Waals surface area contributed by atoms with Crippen molar-refractivity contribution in [3.63, 3.8) is 0 Å². The van der Waals surface area contributed by atoms with E-state index in [0.29, 0.717) is 23.1 Å². The van der Waals surface area contributed by atoms with Gasteiger partial charge < -0.3 is 10.1 Å². The Morgan fingerprint density at radius 1 is 1.09 bits per heavy atom. The Bertz CT molecular complexity index is 1300. The van der Waals surface area contributed by atoms with Crippen LogP contribution < -0.4 is 14.8 Å². The molecule has 33 heavy (non-hydrogen) atoms. The number of hydrogen-bond donors (Lipinski definition) is 2. The third-order valence-corrected chi connectivity index (χ3v) is 5.71. The fourth-order valence-corrected chi connectivity index (χ4v) is 3.86. The van der Waals surface area contributed by atoms with E-state index >= 15 is 0 Å². The number of hydrogen-bond acceptors (Lipinski definition) is 7. The number of anilines is 1. The first-order valence-corrected chi connectivity index (χ1v) is 11.1. The molecule has 0 aliphatic rings. The molecule has 0 fully saturated rings. The molecular weight excluding hydrogens is 436 g/mol. The number of aromatic nitrogens is 4. The molecule has 8 nitrogen and oxygen atoms in total. The maximum absolute atomic E-state index is 12.0. The van der Waals surface area contributed by atoms with Gasteiger partial charge in [-0.3, -0.25) is 14.2 Å². The standard InChI is InChI=1S/C24H24N6O2S/c1-15-8-5-6-11-20(15)21-16(2)23(32-18-10-7-9-17(12-18)22(31)25-3)28-24(27-21)29-33-19-13-26-30(4)14-19/h5-14H,1-4H3,(H,25,31)(H,27,28,29). The van der Waals surface area contributed by atoms with Crippen LogP contribution in [-0.2, 0) is 7.05 Å². The Morgan fingerprint density at radius 3 is 2.64 bits per heavy atom. The zero-order valence-corrected chi connectivity index (χ0v) is 19.6. The highest BCUT2D eigenvalue weighted by Crippen LogP contribution is 2.34. The second-order valence-electron chi connectivity index (χ2n) is 7.40. The smallest absolute Gasteiger partial charge is 0.251 e. The monoisotopic (exact) mass is 460 g/mol. The third kappa shape index (κ3) is 5.15. The average molecular weight is 461 g/mol. The Morgan fingerprint density at radius 2 is 1.91 bits per heavy atom. The molecule has 0 aliphatic carbocycles. The van der Waals surface area contributed by atoms with Crippen LogP contribution in [0.2, 0.25) is 0 Å². The molecule has 0 spiro atoms. The highest BCUT2D eigenvalue weighted by atomic mass is 32.2. The largest absolute Gasteiger partial charge is 0.439 e. The summed E-state index contributed by atoms with van der Waals surface area (Å²) in [5.41, 5.74) is 4.17. The lowest BCUT2D eigenvalue weighted by molar-refractivity contribution is 0.0962. The number of rotatable bonds is 7. The van der Waals surface area contributed by atoms with E-state index in [4.69, 9.17) is 9.72 Å². The highest BCUT2D eigenvalue weighted by Gasteiger charge is 2.17. The molecule has 9 heteroatoms. The van der Waals surface area contributed by atoms with Gasteiger partial charge >= 0.3 is 0 Å². The van der Waals surface area contributed by atoms with Gasteiger partial charge in [0.1, 0.15) is 5.75 Å². The van der Waals surface area contributed by atoms with Gasteiger partial charge in [-0.1, -0.05) is 30.3 Å². The van der Waals surface area contributed by atoms with Gasteiger partial charge in [0.15, 0.2) is 0 Å². The van der Waals surface area contributed by atoms with E-state index in [1.54, 1.807) is 42.2 Å². The predicted octanol–water partition coefficient (Wildman–Crippen LogP) is 4.77. The summed E-state index contributed by atoms with van der Waals surface area (Å²) < 4.78 is 11.1. The molecule has 0 saturated carbocycles. The minimum Gasteiger partial charge on any atom is -0.439 e. The van der Waals surface area contributed by atoms with Crippen molar-refractivity contribution in [3.8, 4) is 22.9 Å². The van der Waals surface area contributed by atoms with Gasteiger partial charge in [0.05, 0.1) is 16.8 Å². The maximum Gasteiger partial charge on any atom is 0.251 e. The molecular formula is C24H24N6O2S. The lowest BCUT2D eigenvalue weighted by Gasteiger charge is -2.15. The summed E-state index contributed by atoms with van der Waals surface area (Å²) >= 11 is 1.37. The van der Waals surface area contributed by atoms with E-state index < -0.39 is 0 Å². The maximum atomic E-state index is 12.0. The number of nitrogens with zero attached hydrogens (tertiary/aromatic N) is 4. The van der Waals surface area contributed by atoms with Crippen LogP contribution in [0.4, 0.5) is 5.95 Å². The van der Waals surface area contributed by atoms with Gasteiger partial charge in [-0.15, -0.1) is 0 Å². The van der Waals surface area contributed by atoms with E-state index in [-0.39, 0.29) is 5.91 Å². The molecule has 2 N–H and O–H groups in total. The lowest BCUT2D eigenvalue weighted by Crippen LogP contribution is -2.17. The molecule has 1 amide bonds. The van der Waals surface area contributed by atoms with E-state index in [9.17, 15) is 4.79 Å². The number of aryl methyl sites for hydroxylation is 2. The van der Waals surface area contributed by atoms with E-state index in [1.807, 2.05) is 51.4 Å². The summed E-state index contributed by atoms with van der Waals surface area (Å²) in [5.74, 6) is 1.15. The van der Waals surface area contributed by atoms with Crippen LogP contribution >= 0.6 is 11.9 Å². The Kier molecular flexibility index (Phi) is 6.60. The first-order chi connectivity index (χ1) is 15.9. The first-order valence-electron chi connectivity index (χ1n) is 10.3. The zero-order chi connectivity index (χ0) is 23.4. The Labute approximate surface area is 196 Å². The van der Waals surface area contributed by atoms with Crippen molar-refractivity contribution >= 4 is 23.8 Å². The highest BCUT2D eigenvalue weighted by molar-refractivity contribution is 8.00. The van der Waals surface area contributed by atoms with Crippen LogP contribution in [0, 0.1) is 13.8 Å². The van der Waals surface area contributed by atoms with E-state index in [2.05, 4.69) is 20.1 Å². The second kappa shape index (κ2) is 9.74. The molecule has 0 atom stereocenters. The molecule has 0 aliphatic heterocycles. The number of amides is 1. The molecule has 2 aromatic carbocycles. The van der Waals surface area contributed by atoms with Gasteiger partial charge in [-0.2, -0.15) is 10.1 Å². The summed E-state index contributed by atoms with van der Waals surface area (Å²) in [4.78, 5) is 22.3. The van der Waals surface area contributed by atoms with Crippen molar-refractivity contribution in [1.29, 1.82) is 0 Å². The normalized spacial score (nSPS) is 10.7. The fraction of sp³-hybridized carbons (Fsp3) is 0.167. The van der Waals surface area contributed by atoms with Crippen molar-refractivity contribution in [3.05, 3.63) is 77.6 Å². The molecule has 0 unspecified atom stereocenters. The molecule has 4 rings (SSSR count). The predicted molar refractivity (Wildman–Crippen MR) is 130 cm³/mol. The molecule has 168 valence electrons. The molecule has 0 bridgehead atoms. The van der Waals surface area contributed by atoms with E-state index in [1.165, 1.54) is 11.9 Å². The molecule has 0 saturated heterocycles. The van der Waals surface area contributed by atoms with E-state index in [0.717, 1.165) is 27.3 Å². The van der Waals surface area contributed by atoms with Crippen LogP contribution in [0.1, 0.15) is 21.5 Å². The number of nitrogens with one attached hydrogen (secondary N) is 2. The topological polar surface area (TPSA) is 94.0 Å². The summed E-state index contributed by atoms with van der Waals surface area (Å²) in [6.45, 7) is 3.97. The zero-order valence-electron chi connectivity index (χ0n) is 18.8. The second-order valence-corrected chi connectivity index (χ2v) is 8.28. The Hall–Kier alpha value is -3.85.